The van der Waals surface area contributed by atoms with Crippen molar-refractivity contribution in [3.8, 4) is 0 Å². The Balaban J connectivity index is 3.67. The van der Waals surface area contributed by atoms with E-state index in [1.165, 1.54) is 6.92 Å². The summed E-state index contributed by atoms with van der Waals surface area (Å²) in [6.45, 7) is 3.62. The highest BCUT2D eigenvalue weighted by Crippen LogP contribution is 2.13. The maximum Gasteiger partial charge on any atom is 0.334 e. The molecular weight excluding hydrogens is 228 g/mol. The number of rotatable bonds is 8. The molecule has 6 heteroatoms. The zero-order valence-corrected chi connectivity index (χ0v) is 11.4. The number of hydrogen-bond donors (Lipinski definition) is 0. The molecule has 0 heterocycles. The number of hydrogen-bond acceptors (Lipinski definition) is 5. The Hall–Kier alpha value is -0.723. The van der Waals surface area contributed by atoms with Gasteiger partial charge >= 0.3 is 14.5 Å². The highest BCUT2D eigenvalue weighted by molar-refractivity contribution is 6.65. The van der Waals surface area contributed by atoms with Gasteiger partial charge < -0.3 is 13.6 Å². The van der Waals surface area contributed by atoms with Crippen LogP contribution in [-0.4, -0.2) is 41.1 Å². The summed E-state index contributed by atoms with van der Waals surface area (Å²) in [5.41, 5.74) is 0. The number of ether oxygens (including phenoxy) is 1. The van der Waals surface area contributed by atoms with Crippen LogP contribution in [0.5, 0.6) is 0 Å². The van der Waals surface area contributed by atoms with Crippen molar-refractivity contribution >= 4 is 20.3 Å². The first-order valence-electron chi connectivity index (χ1n) is 5.19. The van der Waals surface area contributed by atoms with Crippen LogP contribution in [-0.2, 0) is 23.2 Å². The van der Waals surface area contributed by atoms with Crippen LogP contribution < -0.4 is 0 Å². The molecule has 5 nitrogen and oxygen atoms in total. The molecule has 94 valence electrons. The zero-order valence-electron chi connectivity index (χ0n) is 10.4. The lowest BCUT2D eigenvalue weighted by Crippen LogP contribution is -2.36. The van der Waals surface area contributed by atoms with Crippen molar-refractivity contribution in [1.82, 2.24) is 0 Å². The van der Waals surface area contributed by atoms with Gasteiger partial charge in [-0.15, -0.1) is 0 Å². The minimum Gasteiger partial charge on any atom is -0.465 e. The van der Waals surface area contributed by atoms with Crippen molar-refractivity contribution in [1.29, 1.82) is 0 Å². The second-order valence-electron chi connectivity index (χ2n) is 3.74. The van der Waals surface area contributed by atoms with Gasteiger partial charge in [-0.1, -0.05) is 0 Å². The van der Waals surface area contributed by atoms with Crippen LogP contribution in [0.3, 0.4) is 0 Å². The lowest BCUT2D eigenvalue weighted by molar-refractivity contribution is -0.145. The predicted molar refractivity (Wildman–Crippen MR) is 61.3 cm³/mol. The molecule has 0 saturated heterocycles. The molecule has 0 aromatic rings. The largest absolute Gasteiger partial charge is 0.465 e. The Bertz CT molecular complexity index is 237. The van der Waals surface area contributed by atoms with Crippen LogP contribution in [0, 0.1) is 0 Å². The van der Waals surface area contributed by atoms with Crippen LogP contribution in [0.2, 0.25) is 12.6 Å². The molecule has 0 radical (unpaired) electrons. The topological polar surface area (TPSA) is 61.8 Å². The lowest BCUT2D eigenvalue weighted by atomic mass is 10.3. The monoisotopic (exact) mass is 248 g/mol. The Morgan fingerprint density at radius 1 is 1.19 bits per heavy atom. The van der Waals surface area contributed by atoms with Crippen LogP contribution in [0.4, 0.5) is 0 Å². The van der Waals surface area contributed by atoms with E-state index in [9.17, 15) is 9.59 Å². The molecule has 0 N–H and O–H groups in total. The molecule has 0 atom stereocenters. The average molecular weight is 248 g/mol. The molecule has 0 amide bonds. The SMILES string of the molecule is CO[Si](C)(CCCOC(=O)CC(C)=O)OC. The van der Waals surface area contributed by atoms with E-state index in [0.29, 0.717) is 13.0 Å². The van der Waals surface area contributed by atoms with E-state index in [2.05, 4.69) is 0 Å². The van der Waals surface area contributed by atoms with Gasteiger partial charge in [0.25, 0.3) is 0 Å². The predicted octanol–water partition coefficient (Wildman–Crippen LogP) is 1.26. The number of carbonyl (C=O) groups is 2. The van der Waals surface area contributed by atoms with Crippen molar-refractivity contribution in [3.63, 3.8) is 0 Å². The summed E-state index contributed by atoms with van der Waals surface area (Å²) in [6, 6.07) is 0.757. The van der Waals surface area contributed by atoms with Gasteiger partial charge in [0.1, 0.15) is 12.2 Å². The van der Waals surface area contributed by atoms with Crippen molar-refractivity contribution in [2.75, 3.05) is 20.8 Å². The van der Waals surface area contributed by atoms with Gasteiger partial charge in [0.05, 0.1) is 6.61 Å². The summed E-state index contributed by atoms with van der Waals surface area (Å²) in [4.78, 5) is 21.6. The first-order valence-corrected chi connectivity index (χ1v) is 7.71. The number of carbonyl (C=O) groups excluding carboxylic acids is 2. The van der Waals surface area contributed by atoms with Crippen LogP contribution in [0.15, 0.2) is 0 Å². The van der Waals surface area contributed by atoms with E-state index in [1.807, 2.05) is 6.55 Å². The van der Waals surface area contributed by atoms with E-state index < -0.39 is 14.5 Å². The Morgan fingerprint density at radius 3 is 2.19 bits per heavy atom. The molecule has 0 bridgehead atoms. The molecule has 0 unspecified atom stereocenters. The molecule has 0 aromatic carbocycles. The normalized spacial score (nSPS) is 11.2. The van der Waals surface area contributed by atoms with E-state index in [1.54, 1.807) is 14.2 Å². The fraction of sp³-hybridized carbons (Fsp3) is 0.800. The fourth-order valence-corrected chi connectivity index (χ4v) is 2.48. The Morgan fingerprint density at radius 2 is 1.75 bits per heavy atom. The van der Waals surface area contributed by atoms with Gasteiger partial charge in [0.2, 0.25) is 0 Å². The molecular formula is C10H20O5Si. The van der Waals surface area contributed by atoms with Gasteiger partial charge in [0.15, 0.2) is 0 Å². The molecule has 0 spiro atoms. The highest BCUT2D eigenvalue weighted by Gasteiger charge is 2.27. The Labute approximate surface area is 97.3 Å². The van der Waals surface area contributed by atoms with Gasteiger partial charge in [-0.3, -0.25) is 9.59 Å². The second-order valence-corrected chi connectivity index (χ2v) is 7.33. The zero-order chi connectivity index (χ0) is 12.6. The minimum atomic E-state index is -2.06. The third-order valence-corrected chi connectivity index (χ3v) is 5.28. The van der Waals surface area contributed by atoms with E-state index >= 15 is 0 Å². The smallest absolute Gasteiger partial charge is 0.334 e. The summed E-state index contributed by atoms with van der Waals surface area (Å²) in [7, 11) is 1.19. The summed E-state index contributed by atoms with van der Waals surface area (Å²) in [5, 5.41) is 0. The van der Waals surface area contributed by atoms with E-state index in [0.717, 1.165) is 6.04 Å². The number of esters is 1. The van der Waals surface area contributed by atoms with Gasteiger partial charge in [-0.2, -0.15) is 0 Å². The van der Waals surface area contributed by atoms with Crippen LogP contribution in [0.1, 0.15) is 19.8 Å². The van der Waals surface area contributed by atoms with Gasteiger partial charge in [-0.25, -0.2) is 0 Å². The summed E-state index contributed by atoms with van der Waals surface area (Å²) in [5.74, 6) is -0.649. The van der Waals surface area contributed by atoms with E-state index in [-0.39, 0.29) is 12.2 Å². The summed E-state index contributed by atoms with van der Waals surface area (Å²) < 4.78 is 15.4. The molecule has 0 rings (SSSR count). The molecule has 0 aromatic heterocycles. The van der Waals surface area contributed by atoms with Crippen molar-refractivity contribution in [2.45, 2.75) is 32.4 Å². The minimum absolute atomic E-state index is 0.150. The lowest BCUT2D eigenvalue weighted by Gasteiger charge is -2.22. The Kier molecular flexibility index (Phi) is 7.19. The maximum absolute atomic E-state index is 11.0. The van der Waals surface area contributed by atoms with Crippen LogP contribution in [0.25, 0.3) is 0 Å². The van der Waals surface area contributed by atoms with Crippen molar-refractivity contribution in [2.24, 2.45) is 0 Å². The third kappa shape index (κ3) is 6.70. The van der Waals surface area contributed by atoms with Gasteiger partial charge in [0, 0.05) is 14.2 Å². The number of ketones is 1. The maximum atomic E-state index is 11.0. The van der Waals surface area contributed by atoms with Crippen molar-refractivity contribution in [3.05, 3.63) is 0 Å². The number of Topliss-reactive ketones (excluding diaryl/α,β-unsaturated/α-hetero) is 1. The third-order valence-electron chi connectivity index (χ3n) is 2.30. The molecule has 0 aliphatic carbocycles. The first kappa shape index (κ1) is 15.3. The summed E-state index contributed by atoms with van der Waals surface area (Å²) >= 11 is 0. The van der Waals surface area contributed by atoms with Crippen molar-refractivity contribution < 1.29 is 23.2 Å². The first-order chi connectivity index (χ1) is 7.43. The van der Waals surface area contributed by atoms with E-state index in [4.69, 9.17) is 13.6 Å². The second kappa shape index (κ2) is 7.53. The fourth-order valence-electron chi connectivity index (χ4n) is 1.12. The van der Waals surface area contributed by atoms with Crippen LogP contribution >= 0.6 is 0 Å². The average Bonchev–Trinajstić information content (AvgIpc) is 2.23. The molecule has 16 heavy (non-hydrogen) atoms. The molecule has 0 aliphatic rings. The molecule has 0 aliphatic heterocycles. The quantitative estimate of drug-likeness (QED) is 0.280. The highest BCUT2D eigenvalue weighted by atomic mass is 28.4. The summed E-state index contributed by atoms with van der Waals surface area (Å²) in [6.07, 6.45) is 0.539. The molecule has 0 saturated carbocycles. The molecule has 0 fully saturated rings. The standard InChI is InChI=1S/C10H20O5Si/c1-9(11)8-10(12)15-6-5-7-16(4,13-2)14-3/h5-8H2,1-4H3. The van der Waals surface area contributed by atoms with Gasteiger partial charge in [-0.05, 0) is 25.9 Å².